The molecule has 36 heavy (non-hydrogen) atoms. The first-order valence-corrected chi connectivity index (χ1v) is 11.4. The normalized spacial score (nSPS) is 23.2. The Balaban J connectivity index is 1.79. The van der Waals surface area contributed by atoms with Crippen molar-refractivity contribution in [3.8, 4) is 0 Å². The van der Waals surface area contributed by atoms with Crippen LogP contribution < -0.4 is 0 Å². The van der Waals surface area contributed by atoms with Gasteiger partial charge in [-0.1, -0.05) is 61.5 Å². The van der Waals surface area contributed by atoms with E-state index in [2.05, 4.69) is 0 Å². The minimum absolute atomic E-state index is 0.00868. The van der Waals surface area contributed by atoms with E-state index in [0.29, 0.717) is 16.7 Å². The second kappa shape index (κ2) is 10.3. The van der Waals surface area contributed by atoms with E-state index in [0.717, 1.165) is 0 Å². The first kappa shape index (κ1) is 25.1. The fourth-order valence-corrected chi connectivity index (χ4v) is 5.00. The summed E-state index contributed by atoms with van der Waals surface area (Å²) in [5, 5.41) is 30.3. The van der Waals surface area contributed by atoms with Gasteiger partial charge in [-0.15, -0.1) is 0 Å². The Kier molecular flexibility index (Phi) is 7.19. The molecule has 1 heterocycles. The predicted molar refractivity (Wildman–Crippen MR) is 129 cm³/mol. The Morgan fingerprint density at radius 2 is 1.36 bits per heavy atom. The van der Waals surface area contributed by atoms with Gasteiger partial charge in [0.2, 0.25) is 0 Å². The first-order valence-electron chi connectivity index (χ1n) is 11.4. The van der Waals surface area contributed by atoms with Crippen molar-refractivity contribution in [2.75, 3.05) is 13.2 Å². The summed E-state index contributed by atoms with van der Waals surface area (Å²) in [6.45, 7) is 1.06. The number of carbonyl (C=O) groups is 3. The molecule has 8 heteroatoms. The number of hydrogen-bond donors (Lipinski definition) is 3. The molecule has 0 aliphatic carbocycles. The summed E-state index contributed by atoms with van der Waals surface area (Å²) >= 11 is 0. The molecule has 1 unspecified atom stereocenters. The number of carboxylic acid groups (broad SMARTS) is 2. The van der Waals surface area contributed by atoms with Crippen LogP contribution in [0.5, 0.6) is 0 Å². The zero-order chi connectivity index (χ0) is 25.9. The Hall–Kier alpha value is -4.01. The van der Waals surface area contributed by atoms with Gasteiger partial charge in [-0.05, 0) is 35.4 Å². The number of carboxylic acids is 2. The van der Waals surface area contributed by atoms with E-state index in [1.54, 1.807) is 73.7 Å². The van der Waals surface area contributed by atoms with Crippen LogP contribution in [0.3, 0.4) is 0 Å². The maximum atomic E-state index is 12.6. The number of ether oxygens (including phenoxy) is 2. The molecule has 3 N–H and O–H groups in total. The van der Waals surface area contributed by atoms with Gasteiger partial charge in [0, 0.05) is 11.3 Å². The van der Waals surface area contributed by atoms with E-state index >= 15 is 0 Å². The van der Waals surface area contributed by atoms with Crippen molar-refractivity contribution >= 4 is 17.9 Å². The van der Waals surface area contributed by atoms with E-state index < -0.39 is 48.1 Å². The summed E-state index contributed by atoms with van der Waals surface area (Å²) in [6, 6.07) is 21.1. The largest absolute Gasteiger partial charge is 0.478 e. The molecule has 0 bridgehead atoms. The molecular formula is C28H26O8. The molecule has 0 spiro atoms. The van der Waals surface area contributed by atoms with Crippen LogP contribution >= 0.6 is 0 Å². The topological polar surface area (TPSA) is 130 Å². The molecule has 1 aliphatic rings. The monoisotopic (exact) mass is 490 g/mol. The Morgan fingerprint density at radius 1 is 0.833 bits per heavy atom. The zero-order valence-electron chi connectivity index (χ0n) is 19.5. The van der Waals surface area contributed by atoms with Crippen molar-refractivity contribution in [2.45, 2.75) is 25.0 Å². The quantitative estimate of drug-likeness (QED) is 0.401. The van der Waals surface area contributed by atoms with Crippen LogP contribution in [-0.2, 0) is 9.47 Å². The molecular weight excluding hydrogens is 464 g/mol. The van der Waals surface area contributed by atoms with Gasteiger partial charge in [0.05, 0.1) is 29.4 Å². The molecule has 0 amide bonds. The van der Waals surface area contributed by atoms with Crippen LogP contribution in [0.15, 0.2) is 78.9 Å². The lowest BCUT2D eigenvalue weighted by Gasteiger charge is -2.35. The van der Waals surface area contributed by atoms with Gasteiger partial charge in [0.1, 0.15) is 12.7 Å². The number of carbonyl (C=O) groups excluding carboxylic acids is 1. The lowest BCUT2D eigenvalue weighted by molar-refractivity contribution is -0.0282. The molecule has 0 radical (unpaired) electrons. The highest BCUT2D eigenvalue weighted by molar-refractivity contribution is 5.91. The smallest absolute Gasteiger partial charge is 0.338 e. The fourth-order valence-electron chi connectivity index (χ4n) is 5.00. The number of aliphatic hydroxyl groups excluding tert-OH is 1. The average Bonchev–Trinajstić information content (AvgIpc) is 3.19. The standard InChI is InChI=1S/C28H26O8/c1-28(16-29)23(18-11-5-7-13-20(18)25(30)31)22(15-35-27(34)17-9-3-2-4-10-17)36-24(28)19-12-6-8-14-21(19)26(32)33/h2-14,22-24,29H,15-16H2,1H3,(H,30,31)(H,32,33)/t22-,23+,24?,28-/m0/s1. The van der Waals surface area contributed by atoms with Crippen LogP contribution in [0.1, 0.15) is 61.1 Å². The van der Waals surface area contributed by atoms with Crippen LogP contribution in [0.4, 0.5) is 0 Å². The summed E-state index contributed by atoms with van der Waals surface area (Å²) in [7, 11) is 0. The summed E-state index contributed by atoms with van der Waals surface area (Å²) in [4.78, 5) is 36.7. The van der Waals surface area contributed by atoms with Crippen molar-refractivity contribution < 1.29 is 39.2 Å². The maximum Gasteiger partial charge on any atom is 0.338 e. The van der Waals surface area contributed by atoms with Crippen LogP contribution in [0.2, 0.25) is 0 Å². The molecule has 0 saturated carbocycles. The molecule has 186 valence electrons. The highest BCUT2D eigenvalue weighted by Gasteiger charge is 2.56. The number of esters is 1. The second-order valence-corrected chi connectivity index (χ2v) is 8.95. The predicted octanol–water partition coefficient (Wildman–Crippen LogP) is 4.16. The minimum atomic E-state index is -1.16. The molecule has 1 saturated heterocycles. The van der Waals surface area contributed by atoms with E-state index in [9.17, 15) is 29.7 Å². The first-order chi connectivity index (χ1) is 17.3. The maximum absolute atomic E-state index is 12.6. The van der Waals surface area contributed by atoms with Gasteiger partial charge in [0.25, 0.3) is 0 Å². The molecule has 8 nitrogen and oxygen atoms in total. The molecule has 0 aromatic heterocycles. The third-order valence-electron chi connectivity index (χ3n) is 6.72. The number of hydrogen-bond acceptors (Lipinski definition) is 6. The Bertz CT molecular complexity index is 1270. The van der Waals surface area contributed by atoms with Crippen molar-refractivity contribution in [1.29, 1.82) is 0 Å². The highest BCUT2D eigenvalue weighted by Crippen LogP contribution is 2.57. The third kappa shape index (κ3) is 4.60. The van der Waals surface area contributed by atoms with E-state index in [1.165, 1.54) is 12.1 Å². The number of rotatable bonds is 8. The summed E-state index contributed by atoms with van der Waals surface area (Å²) < 4.78 is 11.9. The SMILES string of the molecule is C[C@@]1(CO)C(c2ccccc2C(=O)O)O[C@@H](COC(=O)c2ccccc2)[C@H]1c1ccccc1C(=O)O. The zero-order valence-corrected chi connectivity index (χ0v) is 19.5. The van der Waals surface area contributed by atoms with Gasteiger partial charge < -0.3 is 24.8 Å². The molecule has 1 fully saturated rings. The molecule has 4 atom stereocenters. The lowest BCUT2D eigenvalue weighted by Crippen LogP contribution is -2.35. The third-order valence-corrected chi connectivity index (χ3v) is 6.72. The Labute approximate surface area is 207 Å². The number of aromatic carboxylic acids is 2. The van der Waals surface area contributed by atoms with E-state index in [4.69, 9.17) is 9.47 Å². The summed E-state index contributed by atoms with van der Waals surface area (Å²) in [5.74, 6) is -3.62. The summed E-state index contributed by atoms with van der Waals surface area (Å²) in [5.41, 5.74) is -0.0165. The number of aliphatic hydroxyl groups is 1. The van der Waals surface area contributed by atoms with Crippen molar-refractivity contribution in [1.82, 2.24) is 0 Å². The fraction of sp³-hybridized carbons (Fsp3) is 0.250. The lowest BCUT2D eigenvalue weighted by atomic mass is 9.67. The van der Waals surface area contributed by atoms with Crippen LogP contribution in [0.25, 0.3) is 0 Å². The summed E-state index contributed by atoms with van der Waals surface area (Å²) in [6.07, 6.45) is -1.77. The highest BCUT2D eigenvalue weighted by atomic mass is 16.6. The Morgan fingerprint density at radius 3 is 1.94 bits per heavy atom. The molecule has 4 rings (SSSR count). The minimum Gasteiger partial charge on any atom is -0.478 e. The van der Waals surface area contributed by atoms with E-state index in [-0.39, 0.29) is 17.7 Å². The van der Waals surface area contributed by atoms with Gasteiger partial charge >= 0.3 is 17.9 Å². The molecule has 3 aromatic rings. The van der Waals surface area contributed by atoms with Crippen LogP contribution in [-0.4, -0.2) is 52.5 Å². The van der Waals surface area contributed by atoms with Crippen molar-refractivity contribution in [2.24, 2.45) is 5.41 Å². The van der Waals surface area contributed by atoms with Gasteiger partial charge in [-0.25, -0.2) is 14.4 Å². The average molecular weight is 491 g/mol. The van der Waals surface area contributed by atoms with Crippen molar-refractivity contribution in [3.05, 3.63) is 107 Å². The second-order valence-electron chi connectivity index (χ2n) is 8.95. The van der Waals surface area contributed by atoms with Gasteiger partial charge in [-0.2, -0.15) is 0 Å². The molecule has 1 aliphatic heterocycles. The molecule has 3 aromatic carbocycles. The van der Waals surface area contributed by atoms with E-state index in [1.807, 2.05) is 0 Å². The number of benzene rings is 3. The van der Waals surface area contributed by atoms with Gasteiger partial charge in [-0.3, -0.25) is 0 Å². The van der Waals surface area contributed by atoms with Crippen molar-refractivity contribution in [3.63, 3.8) is 0 Å². The van der Waals surface area contributed by atoms with Gasteiger partial charge in [0.15, 0.2) is 0 Å². The van der Waals surface area contributed by atoms with Crippen LogP contribution in [0, 0.1) is 5.41 Å².